The first-order valence-electron chi connectivity index (χ1n) is 6.65. The Morgan fingerprint density at radius 1 is 1.20 bits per heavy atom. The molecule has 1 atom stereocenters. The van der Waals surface area contributed by atoms with Gasteiger partial charge in [-0.3, -0.25) is 0 Å². The molecule has 0 aliphatic carbocycles. The third-order valence-corrected chi connectivity index (χ3v) is 4.84. The zero-order chi connectivity index (χ0) is 14.4. The van der Waals surface area contributed by atoms with Crippen molar-refractivity contribution in [1.82, 2.24) is 14.5 Å². The van der Waals surface area contributed by atoms with E-state index in [2.05, 4.69) is 28.4 Å². The van der Waals surface area contributed by atoms with Crippen LogP contribution in [0.1, 0.15) is 34.4 Å². The van der Waals surface area contributed by atoms with Gasteiger partial charge in [-0.15, -0.1) is 11.3 Å². The number of aromatic nitrogens is 3. The summed E-state index contributed by atoms with van der Waals surface area (Å²) in [6, 6.07) is 6.13. The lowest BCUT2D eigenvalue weighted by Crippen LogP contribution is -2.08. The molecule has 0 radical (unpaired) electrons. The number of thiazole rings is 1. The second kappa shape index (κ2) is 4.59. The number of nitrogen functional groups attached to an aromatic ring is 1. The predicted molar refractivity (Wildman–Crippen MR) is 84.3 cm³/mol. The van der Waals surface area contributed by atoms with Crippen molar-refractivity contribution in [2.45, 2.75) is 33.7 Å². The van der Waals surface area contributed by atoms with Crippen LogP contribution in [0.4, 0.5) is 5.69 Å². The summed E-state index contributed by atoms with van der Waals surface area (Å²) >= 11 is 1.76. The molecule has 1 unspecified atom stereocenters. The van der Waals surface area contributed by atoms with Gasteiger partial charge >= 0.3 is 0 Å². The molecule has 0 saturated carbocycles. The molecule has 4 nitrogen and oxygen atoms in total. The Balaban J connectivity index is 2.18. The number of hydrogen-bond donors (Lipinski definition) is 1. The third-order valence-electron chi connectivity index (χ3n) is 3.60. The fraction of sp³-hybridized carbons (Fsp3) is 0.333. The predicted octanol–water partition coefficient (Wildman–Crippen LogP) is 3.61. The molecular weight excluding hydrogens is 268 g/mol. The second-order valence-corrected chi connectivity index (χ2v) is 6.37. The van der Waals surface area contributed by atoms with Gasteiger partial charge in [0.15, 0.2) is 0 Å². The van der Waals surface area contributed by atoms with Crippen LogP contribution in [0.5, 0.6) is 0 Å². The molecule has 3 rings (SSSR count). The molecule has 5 heteroatoms. The van der Waals surface area contributed by atoms with Gasteiger partial charge in [0.25, 0.3) is 0 Å². The highest BCUT2D eigenvalue weighted by molar-refractivity contribution is 7.11. The number of fused-ring (bicyclic) bond motifs is 1. The molecule has 0 aliphatic heterocycles. The number of benzene rings is 1. The van der Waals surface area contributed by atoms with Gasteiger partial charge in [0.2, 0.25) is 0 Å². The van der Waals surface area contributed by atoms with Crippen molar-refractivity contribution in [3.63, 3.8) is 0 Å². The fourth-order valence-electron chi connectivity index (χ4n) is 2.78. The van der Waals surface area contributed by atoms with Crippen LogP contribution in [0, 0.1) is 20.8 Å². The molecule has 0 amide bonds. The van der Waals surface area contributed by atoms with Crippen LogP contribution in [-0.4, -0.2) is 14.5 Å². The first kappa shape index (κ1) is 13.1. The SMILES string of the molecule is Cc1nc(C)c(C(C)n2c(C)nc3cc(N)ccc32)s1. The second-order valence-electron chi connectivity index (χ2n) is 5.14. The van der Waals surface area contributed by atoms with E-state index in [1.54, 1.807) is 11.3 Å². The molecule has 3 aromatic rings. The lowest BCUT2D eigenvalue weighted by molar-refractivity contribution is 0.643. The van der Waals surface area contributed by atoms with Gasteiger partial charge in [-0.05, 0) is 45.9 Å². The monoisotopic (exact) mass is 286 g/mol. The van der Waals surface area contributed by atoms with E-state index in [0.717, 1.165) is 33.2 Å². The average Bonchev–Trinajstić information content (AvgIpc) is 2.87. The summed E-state index contributed by atoms with van der Waals surface area (Å²) < 4.78 is 2.26. The van der Waals surface area contributed by atoms with Gasteiger partial charge < -0.3 is 10.3 Å². The molecule has 1 aromatic carbocycles. The summed E-state index contributed by atoms with van der Waals surface area (Å²) in [6.07, 6.45) is 0. The molecule has 104 valence electrons. The summed E-state index contributed by atoms with van der Waals surface area (Å²) in [4.78, 5) is 10.4. The summed E-state index contributed by atoms with van der Waals surface area (Å²) in [5.41, 5.74) is 9.77. The van der Waals surface area contributed by atoms with Crippen molar-refractivity contribution in [2.24, 2.45) is 0 Å². The van der Waals surface area contributed by atoms with Gasteiger partial charge in [0, 0.05) is 5.69 Å². The van der Waals surface area contributed by atoms with Crippen LogP contribution in [0.3, 0.4) is 0 Å². The van der Waals surface area contributed by atoms with E-state index in [0.29, 0.717) is 0 Å². The summed E-state index contributed by atoms with van der Waals surface area (Å²) in [5.74, 6) is 1.00. The minimum Gasteiger partial charge on any atom is -0.399 e. The molecule has 0 saturated heterocycles. The molecule has 0 bridgehead atoms. The zero-order valence-corrected chi connectivity index (χ0v) is 13.0. The van der Waals surface area contributed by atoms with E-state index in [1.165, 1.54) is 4.88 Å². The van der Waals surface area contributed by atoms with Crippen LogP contribution < -0.4 is 5.73 Å². The van der Waals surface area contributed by atoms with Gasteiger partial charge in [-0.25, -0.2) is 9.97 Å². The van der Waals surface area contributed by atoms with Crippen molar-refractivity contribution in [3.05, 3.63) is 39.6 Å². The Kier molecular flexibility index (Phi) is 3.01. The Bertz CT molecular complexity index is 785. The van der Waals surface area contributed by atoms with Crippen LogP contribution in [-0.2, 0) is 0 Å². The van der Waals surface area contributed by atoms with E-state index in [-0.39, 0.29) is 6.04 Å². The molecule has 0 spiro atoms. The Morgan fingerprint density at radius 2 is 1.95 bits per heavy atom. The highest BCUT2D eigenvalue weighted by Crippen LogP contribution is 2.31. The number of imidazole rings is 1. The van der Waals surface area contributed by atoms with Crippen LogP contribution in [0.15, 0.2) is 18.2 Å². The minimum absolute atomic E-state index is 0.231. The van der Waals surface area contributed by atoms with Crippen molar-refractivity contribution < 1.29 is 0 Å². The van der Waals surface area contributed by atoms with Gasteiger partial charge in [0.1, 0.15) is 5.82 Å². The normalized spacial score (nSPS) is 13.0. The fourth-order valence-corrected chi connectivity index (χ4v) is 3.75. The van der Waals surface area contributed by atoms with Crippen LogP contribution >= 0.6 is 11.3 Å². The first-order valence-corrected chi connectivity index (χ1v) is 7.47. The van der Waals surface area contributed by atoms with Crippen LogP contribution in [0.25, 0.3) is 11.0 Å². The molecular formula is C15H18N4S. The highest BCUT2D eigenvalue weighted by Gasteiger charge is 2.19. The Morgan fingerprint density at radius 3 is 2.60 bits per heavy atom. The number of nitrogens with zero attached hydrogens (tertiary/aromatic N) is 3. The van der Waals surface area contributed by atoms with Gasteiger partial charge in [-0.2, -0.15) is 0 Å². The maximum atomic E-state index is 5.84. The number of aryl methyl sites for hydroxylation is 3. The third kappa shape index (κ3) is 1.98. The summed E-state index contributed by atoms with van der Waals surface area (Å²) in [7, 11) is 0. The molecule has 2 aromatic heterocycles. The molecule has 2 heterocycles. The van der Waals surface area contributed by atoms with Gasteiger partial charge in [0.05, 0.1) is 32.7 Å². The minimum atomic E-state index is 0.231. The van der Waals surface area contributed by atoms with Crippen molar-refractivity contribution in [1.29, 1.82) is 0 Å². The number of hydrogen-bond acceptors (Lipinski definition) is 4. The lowest BCUT2D eigenvalue weighted by atomic mass is 10.2. The van der Waals surface area contributed by atoms with Crippen LogP contribution in [0.2, 0.25) is 0 Å². The summed E-state index contributed by atoms with van der Waals surface area (Å²) in [6.45, 7) is 8.36. The highest BCUT2D eigenvalue weighted by atomic mass is 32.1. The zero-order valence-electron chi connectivity index (χ0n) is 12.1. The quantitative estimate of drug-likeness (QED) is 0.732. The van der Waals surface area contributed by atoms with Crippen molar-refractivity contribution in [2.75, 3.05) is 5.73 Å². The summed E-state index contributed by atoms with van der Waals surface area (Å²) in [5, 5.41) is 1.11. The van der Waals surface area contributed by atoms with Gasteiger partial charge in [-0.1, -0.05) is 0 Å². The number of nitrogens with two attached hydrogens (primary N) is 1. The molecule has 0 aliphatic rings. The number of anilines is 1. The number of rotatable bonds is 2. The van der Waals surface area contributed by atoms with E-state index >= 15 is 0 Å². The van der Waals surface area contributed by atoms with Crippen molar-refractivity contribution >= 4 is 28.1 Å². The molecule has 0 fully saturated rings. The smallest absolute Gasteiger partial charge is 0.107 e. The van der Waals surface area contributed by atoms with E-state index in [4.69, 9.17) is 5.73 Å². The Hall–Kier alpha value is -1.88. The largest absolute Gasteiger partial charge is 0.399 e. The molecule has 20 heavy (non-hydrogen) atoms. The first-order chi connectivity index (χ1) is 9.47. The van der Waals surface area contributed by atoms with Crippen molar-refractivity contribution in [3.8, 4) is 0 Å². The maximum absolute atomic E-state index is 5.84. The molecule has 2 N–H and O–H groups in total. The maximum Gasteiger partial charge on any atom is 0.107 e. The lowest BCUT2D eigenvalue weighted by Gasteiger charge is -2.15. The Labute approximate surface area is 122 Å². The van der Waals surface area contributed by atoms with E-state index in [9.17, 15) is 0 Å². The van der Waals surface area contributed by atoms with E-state index in [1.807, 2.05) is 32.0 Å². The average molecular weight is 286 g/mol. The topological polar surface area (TPSA) is 56.7 Å². The van der Waals surface area contributed by atoms with E-state index < -0.39 is 0 Å². The standard InChI is InChI=1S/C15H18N4S/c1-8-15(20-11(4)17-8)9(2)19-10(3)18-13-7-12(16)5-6-14(13)19/h5-7,9H,16H2,1-4H3.